The van der Waals surface area contributed by atoms with Crippen LogP contribution in [0, 0.1) is 0 Å². The fourth-order valence-electron chi connectivity index (χ4n) is 1.51. The van der Waals surface area contributed by atoms with Crippen molar-refractivity contribution in [3.63, 3.8) is 0 Å². The smallest absolute Gasteiger partial charge is 0.167 e. The van der Waals surface area contributed by atoms with Gasteiger partial charge in [0.15, 0.2) is 5.79 Å². The molecule has 1 aliphatic rings. The predicted molar refractivity (Wildman–Crippen MR) is 55.4 cm³/mol. The molecule has 1 fully saturated rings. The molecule has 0 bridgehead atoms. The van der Waals surface area contributed by atoms with Crippen molar-refractivity contribution in [2.75, 3.05) is 25.1 Å². The van der Waals surface area contributed by atoms with E-state index >= 15 is 0 Å². The third kappa shape index (κ3) is 2.87. The Labute approximate surface area is 88.8 Å². The van der Waals surface area contributed by atoms with Crippen molar-refractivity contribution in [2.24, 2.45) is 0 Å². The van der Waals surface area contributed by atoms with E-state index in [1.165, 1.54) is 0 Å². The highest BCUT2D eigenvalue weighted by Gasteiger charge is 2.30. The van der Waals surface area contributed by atoms with Crippen LogP contribution in [-0.4, -0.2) is 35.5 Å². The predicted octanol–water partition coefficient (Wildman–Crippen LogP) is 1.04. The minimum atomic E-state index is -0.435. The summed E-state index contributed by atoms with van der Waals surface area (Å²) in [6.45, 7) is 4.08. The summed E-state index contributed by atoms with van der Waals surface area (Å²) in [5, 5.41) is 3.16. The van der Waals surface area contributed by atoms with Crippen LogP contribution < -0.4 is 5.32 Å². The van der Waals surface area contributed by atoms with E-state index in [0.29, 0.717) is 13.2 Å². The van der Waals surface area contributed by atoms with Crippen molar-refractivity contribution < 1.29 is 9.47 Å². The number of ether oxygens (including phenoxy) is 2. The van der Waals surface area contributed by atoms with E-state index < -0.39 is 5.79 Å². The first-order valence-corrected chi connectivity index (χ1v) is 5.06. The lowest BCUT2D eigenvalue weighted by molar-refractivity contribution is -0.144. The van der Waals surface area contributed by atoms with Crippen LogP contribution in [0.25, 0.3) is 0 Å². The van der Waals surface area contributed by atoms with Crippen LogP contribution in [0.15, 0.2) is 18.6 Å². The molecule has 15 heavy (non-hydrogen) atoms. The first-order valence-electron chi connectivity index (χ1n) is 5.06. The maximum absolute atomic E-state index is 5.48. The van der Waals surface area contributed by atoms with Gasteiger partial charge < -0.3 is 14.8 Å². The summed E-state index contributed by atoms with van der Waals surface area (Å²) in [7, 11) is 0. The number of nitrogens with zero attached hydrogens (tertiary/aromatic N) is 2. The summed E-state index contributed by atoms with van der Waals surface area (Å²) in [5.41, 5.74) is 0. The zero-order valence-corrected chi connectivity index (χ0v) is 8.77. The lowest BCUT2D eigenvalue weighted by atomic mass is 10.2. The van der Waals surface area contributed by atoms with Gasteiger partial charge in [0.1, 0.15) is 5.82 Å². The van der Waals surface area contributed by atoms with E-state index in [-0.39, 0.29) is 0 Å². The molecule has 1 N–H and O–H groups in total. The molecule has 2 rings (SSSR count). The zero-order chi connectivity index (χ0) is 10.6. The molecule has 0 aromatic carbocycles. The molecule has 0 radical (unpaired) electrons. The van der Waals surface area contributed by atoms with Crippen LogP contribution >= 0.6 is 0 Å². The molecule has 1 saturated heterocycles. The molecule has 1 aromatic heterocycles. The van der Waals surface area contributed by atoms with Crippen LogP contribution in [0.5, 0.6) is 0 Å². The van der Waals surface area contributed by atoms with Crippen molar-refractivity contribution in [3.05, 3.63) is 18.6 Å². The van der Waals surface area contributed by atoms with Crippen molar-refractivity contribution >= 4 is 5.82 Å². The van der Waals surface area contributed by atoms with Crippen molar-refractivity contribution in [1.82, 2.24) is 9.97 Å². The lowest BCUT2D eigenvalue weighted by Crippen LogP contribution is -2.28. The molecule has 0 amide bonds. The van der Waals surface area contributed by atoms with Gasteiger partial charge in [-0.3, -0.25) is 4.98 Å². The largest absolute Gasteiger partial charge is 0.369 e. The average molecular weight is 209 g/mol. The zero-order valence-electron chi connectivity index (χ0n) is 8.77. The van der Waals surface area contributed by atoms with E-state index in [4.69, 9.17) is 9.47 Å². The molecule has 5 nitrogen and oxygen atoms in total. The first kappa shape index (κ1) is 10.3. The van der Waals surface area contributed by atoms with Gasteiger partial charge in [-0.15, -0.1) is 0 Å². The van der Waals surface area contributed by atoms with Crippen molar-refractivity contribution in [3.8, 4) is 0 Å². The van der Waals surface area contributed by atoms with Gasteiger partial charge in [-0.1, -0.05) is 0 Å². The molecule has 0 aliphatic carbocycles. The second kappa shape index (κ2) is 4.55. The van der Waals surface area contributed by atoms with E-state index in [2.05, 4.69) is 15.3 Å². The van der Waals surface area contributed by atoms with Crippen LogP contribution in [0.3, 0.4) is 0 Å². The van der Waals surface area contributed by atoms with Gasteiger partial charge in [-0.2, -0.15) is 0 Å². The molecule has 5 heteroatoms. The Morgan fingerprint density at radius 3 is 2.87 bits per heavy atom. The van der Waals surface area contributed by atoms with Crippen molar-refractivity contribution in [2.45, 2.75) is 19.1 Å². The Kier molecular flexibility index (Phi) is 3.13. The van der Waals surface area contributed by atoms with Gasteiger partial charge in [0.25, 0.3) is 0 Å². The second-order valence-corrected chi connectivity index (χ2v) is 3.60. The highest BCUT2D eigenvalue weighted by atomic mass is 16.7. The van der Waals surface area contributed by atoms with E-state index in [9.17, 15) is 0 Å². The highest BCUT2D eigenvalue weighted by molar-refractivity contribution is 5.29. The molecule has 0 saturated carbocycles. The molecule has 0 spiro atoms. The first-order chi connectivity index (χ1) is 7.29. The normalized spacial score (nSPS) is 19.0. The summed E-state index contributed by atoms with van der Waals surface area (Å²) in [5.74, 6) is 0.342. The van der Waals surface area contributed by atoms with Crippen molar-refractivity contribution in [1.29, 1.82) is 0 Å². The number of rotatable bonds is 4. The summed E-state index contributed by atoms with van der Waals surface area (Å²) in [4.78, 5) is 8.08. The number of hydrogen-bond acceptors (Lipinski definition) is 5. The molecule has 0 atom stereocenters. The van der Waals surface area contributed by atoms with Gasteiger partial charge >= 0.3 is 0 Å². The van der Waals surface area contributed by atoms with E-state index in [1.54, 1.807) is 18.6 Å². The summed E-state index contributed by atoms with van der Waals surface area (Å²) >= 11 is 0. The average Bonchev–Trinajstić information content (AvgIpc) is 2.67. The minimum absolute atomic E-state index is 0.435. The molecular formula is C10H15N3O2. The molecule has 1 aromatic rings. The standard InChI is InChI=1S/C10H15N3O2/c1-10(14-6-7-15-10)2-3-12-9-8-11-4-5-13-9/h4-5,8H,2-3,6-7H2,1H3,(H,12,13). The number of nitrogens with one attached hydrogen (secondary N) is 1. The van der Waals surface area contributed by atoms with Gasteiger partial charge in [-0.05, 0) is 6.92 Å². The van der Waals surface area contributed by atoms with Gasteiger partial charge in [-0.25, -0.2) is 4.98 Å². The fourth-order valence-corrected chi connectivity index (χ4v) is 1.51. The van der Waals surface area contributed by atoms with E-state index in [0.717, 1.165) is 18.8 Å². The van der Waals surface area contributed by atoms with Crippen LogP contribution in [0.2, 0.25) is 0 Å². The second-order valence-electron chi connectivity index (χ2n) is 3.60. The number of aromatic nitrogens is 2. The third-order valence-electron chi connectivity index (χ3n) is 2.35. The fraction of sp³-hybridized carbons (Fsp3) is 0.600. The summed E-state index contributed by atoms with van der Waals surface area (Å²) < 4.78 is 11.0. The summed E-state index contributed by atoms with van der Waals surface area (Å²) in [6.07, 6.45) is 5.80. The topological polar surface area (TPSA) is 56.3 Å². The third-order valence-corrected chi connectivity index (χ3v) is 2.35. The maximum Gasteiger partial charge on any atom is 0.167 e. The van der Waals surface area contributed by atoms with Crippen LogP contribution in [0.4, 0.5) is 5.82 Å². The molecular weight excluding hydrogens is 194 g/mol. The lowest BCUT2D eigenvalue weighted by Gasteiger charge is -2.22. The Balaban J connectivity index is 1.75. The SMILES string of the molecule is CC1(CCNc2cnccn2)OCCO1. The monoisotopic (exact) mass is 209 g/mol. The quantitative estimate of drug-likeness (QED) is 0.803. The van der Waals surface area contributed by atoms with Gasteiger partial charge in [0, 0.05) is 25.4 Å². The highest BCUT2D eigenvalue weighted by Crippen LogP contribution is 2.22. The Morgan fingerprint density at radius 1 is 1.40 bits per heavy atom. The Bertz CT molecular complexity index is 299. The Hall–Kier alpha value is -1.20. The van der Waals surface area contributed by atoms with Crippen LogP contribution in [0.1, 0.15) is 13.3 Å². The van der Waals surface area contributed by atoms with Gasteiger partial charge in [0.05, 0.1) is 19.4 Å². The van der Waals surface area contributed by atoms with Crippen LogP contribution in [-0.2, 0) is 9.47 Å². The summed E-state index contributed by atoms with van der Waals surface area (Å²) in [6, 6.07) is 0. The van der Waals surface area contributed by atoms with E-state index in [1.807, 2.05) is 6.92 Å². The molecule has 0 unspecified atom stereocenters. The minimum Gasteiger partial charge on any atom is -0.369 e. The molecule has 1 aliphatic heterocycles. The Morgan fingerprint density at radius 2 is 2.20 bits per heavy atom. The molecule has 82 valence electrons. The maximum atomic E-state index is 5.48. The number of hydrogen-bond donors (Lipinski definition) is 1. The molecule has 2 heterocycles. The number of anilines is 1. The van der Waals surface area contributed by atoms with Gasteiger partial charge in [0.2, 0.25) is 0 Å².